The highest BCUT2D eigenvalue weighted by Gasteiger charge is 2.20. The Labute approximate surface area is 165 Å². The van der Waals surface area contributed by atoms with Gasteiger partial charge in [-0.25, -0.2) is 4.98 Å². The van der Waals surface area contributed by atoms with E-state index in [1.54, 1.807) is 6.20 Å². The van der Waals surface area contributed by atoms with Crippen LogP contribution in [0.15, 0.2) is 54.9 Å². The Hall–Kier alpha value is -3.22. The molecular weight excluding hydrogens is 350 g/mol. The van der Waals surface area contributed by atoms with Gasteiger partial charge in [-0.15, -0.1) is 5.10 Å². The number of piperazine rings is 1. The SMILES string of the molecule is CC(C)c1ccccc1Nc1nncc(N2CCN(c3ccccn3)CC2)n1. The second-order valence-electron chi connectivity index (χ2n) is 7.17. The fourth-order valence-electron chi connectivity index (χ4n) is 3.44. The smallest absolute Gasteiger partial charge is 0.249 e. The average molecular weight is 375 g/mol. The first-order chi connectivity index (χ1) is 13.7. The Bertz CT molecular complexity index is 905. The number of nitrogens with zero attached hydrogens (tertiary/aromatic N) is 6. The van der Waals surface area contributed by atoms with Crippen LogP contribution in [0, 0.1) is 0 Å². The molecule has 0 aliphatic carbocycles. The number of para-hydroxylation sites is 1. The molecule has 28 heavy (non-hydrogen) atoms. The number of aromatic nitrogens is 4. The molecule has 1 aliphatic heterocycles. The van der Waals surface area contributed by atoms with Crippen molar-refractivity contribution in [1.29, 1.82) is 0 Å². The van der Waals surface area contributed by atoms with Crippen LogP contribution >= 0.6 is 0 Å². The summed E-state index contributed by atoms with van der Waals surface area (Å²) in [5.41, 5.74) is 2.26. The fourth-order valence-corrected chi connectivity index (χ4v) is 3.44. The third kappa shape index (κ3) is 4.03. The first-order valence-corrected chi connectivity index (χ1v) is 9.67. The third-order valence-corrected chi connectivity index (χ3v) is 4.95. The number of nitrogens with one attached hydrogen (secondary N) is 1. The standard InChI is InChI=1S/C21H25N7/c1-16(2)17-7-3-4-8-18(17)24-21-25-20(15-23-26-21)28-13-11-27(12-14-28)19-9-5-6-10-22-19/h3-10,15-16H,11-14H2,1-2H3,(H,24,25,26). The Balaban J connectivity index is 1.45. The van der Waals surface area contributed by atoms with Gasteiger partial charge < -0.3 is 15.1 Å². The summed E-state index contributed by atoms with van der Waals surface area (Å²) in [5, 5.41) is 11.7. The second kappa shape index (κ2) is 8.21. The Morgan fingerprint density at radius 1 is 0.893 bits per heavy atom. The number of anilines is 4. The normalized spacial score (nSPS) is 14.4. The first kappa shape index (κ1) is 18.2. The monoisotopic (exact) mass is 375 g/mol. The zero-order chi connectivity index (χ0) is 19.3. The molecule has 7 heteroatoms. The molecule has 0 unspecified atom stereocenters. The van der Waals surface area contributed by atoms with E-state index in [-0.39, 0.29) is 0 Å². The molecule has 144 valence electrons. The fraction of sp³-hybridized carbons (Fsp3) is 0.333. The van der Waals surface area contributed by atoms with Gasteiger partial charge in [-0.2, -0.15) is 10.1 Å². The van der Waals surface area contributed by atoms with Crippen molar-refractivity contribution in [2.45, 2.75) is 19.8 Å². The number of pyridine rings is 1. The minimum absolute atomic E-state index is 0.416. The quantitative estimate of drug-likeness (QED) is 0.732. The van der Waals surface area contributed by atoms with Crippen molar-refractivity contribution in [3.63, 3.8) is 0 Å². The van der Waals surface area contributed by atoms with Gasteiger partial charge >= 0.3 is 0 Å². The van der Waals surface area contributed by atoms with E-state index in [2.05, 4.69) is 68.4 Å². The minimum Gasteiger partial charge on any atom is -0.353 e. The molecule has 7 nitrogen and oxygen atoms in total. The van der Waals surface area contributed by atoms with Crippen molar-refractivity contribution in [1.82, 2.24) is 20.2 Å². The van der Waals surface area contributed by atoms with Crippen LogP contribution in [0.3, 0.4) is 0 Å². The molecule has 0 spiro atoms. The van der Waals surface area contributed by atoms with Crippen molar-refractivity contribution in [2.75, 3.05) is 41.3 Å². The third-order valence-electron chi connectivity index (χ3n) is 4.95. The summed E-state index contributed by atoms with van der Waals surface area (Å²) < 4.78 is 0. The molecule has 1 aliphatic rings. The Morgan fingerprint density at radius 2 is 1.61 bits per heavy atom. The highest BCUT2D eigenvalue weighted by molar-refractivity contribution is 5.60. The van der Waals surface area contributed by atoms with Gasteiger partial charge in [0, 0.05) is 38.1 Å². The predicted octanol–water partition coefficient (Wildman–Crippen LogP) is 3.46. The topological polar surface area (TPSA) is 70.1 Å². The molecule has 0 atom stereocenters. The lowest BCUT2D eigenvalue weighted by Gasteiger charge is -2.35. The van der Waals surface area contributed by atoms with Gasteiger partial charge in [0.25, 0.3) is 0 Å². The van der Waals surface area contributed by atoms with Gasteiger partial charge in [0.15, 0.2) is 5.82 Å². The average Bonchev–Trinajstić information content (AvgIpc) is 2.75. The molecule has 3 heterocycles. The molecule has 0 radical (unpaired) electrons. The van der Waals surface area contributed by atoms with E-state index in [0.717, 1.165) is 43.5 Å². The largest absolute Gasteiger partial charge is 0.353 e. The van der Waals surface area contributed by atoms with E-state index in [1.807, 2.05) is 24.4 Å². The lowest BCUT2D eigenvalue weighted by molar-refractivity contribution is 0.639. The van der Waals surface area contributed by atoms with E-state index in [9.17, 15) is 0 Å². The van der Waals surface area contributed by atoms with Crippen LogP contribution in [0.2, 0.25) is 0 Å². The first-order valence-electron chi connectivity index (χ1n) is 9.67. The zero-order valence-electron chi connectivity index (χ0n) is 16.3. The van der Waals surface area contributed by atoms with E-state index in [4.69, 9.17) is 4.98 Å². The summed E-state index contributed by atoms with van der Waals surface area (Å²) in [7, 11) is 0. The molecule has 0 saturated carbocycles. The molecule has 1 fully saturated rings. The summed E-state index contributed by atoms with van der Waals surface area (Å²) in [6.45, 7) is 7.91. The predicted molar refractivity (Wildman–Crippen MR) is 112 cm³/mol. The molecular formula is C21H25N7. The van der Waals surface area contributed by atoms with Crippen LogP contribution in [0.1, 0.15) is 25.3 Å². The number of rotatable bonds is 5. The van der Waals surface area contributed by atoms with Crippen molar-refractivity contribution >= 4 is 23.3 Å². The maximum absolute atomic E-state index is 4.70. The minimum atomic E-state index is 0.416. The van der Waals surface area contributed by atoms with Crippen molar-refractivity contribution in [3.8, 4) is 0 Å². The molecule has 0 amide bonds. The lowest BCUT2D eigenvalue weighted by atomic mass is 10.0. The van der Waals surface area contributed by atoms with Gasteiger partial charge in [0.05, 0.1) is 6.20 Å². The molecule has 4 rings (SSSR count). The molecule has 1 aromatic carbocycles. The van der Waals surface area contributed by atoms with Crippen molar-refractivity contribution < 1.29 is 0 Å². The van der Waals surface area contributed by atoms with Gasteiger partial charge in [-0.05, 0) is 29.7 Å². The van der Waals surface area contributed by atoms with Crippen molar-refractivity contribution in [2.24, 2.45) is 0 Å². The number of hydrogen-bond acceptors (Lipinski definition) is 7. The summed E-state index contributed by atoms with van der Waals surface area (Å²) in [5.74, 6) is 2.81. The number of benzene rings is 1. The Kier molecular flexibility index (Phi) is 5.32. The van der Waals surface area contributed by atoms with E-state index < -0.39 is 0 Å². The maximum Gasteiger partial charge on any atom is 0.249 e. The van der Waals surface area contributed by atoms with Crippen LogP contribution in [-0.2, 0) is 0 Å². The number of hydrogen-bond donors (Lipinski definition) is 1. The summed E-state index contributed by atoms with van der Waals surface area (Å²) >= 11 is 0. The molecule has 2 aromatic heterocycles. The van der Waals surface area contributed by atoms with E-state index in [1.165, 1.54) is 5.56 Å². The highest BCUT2D eigenvalue weighted by Crippen LogP contribution is 2.26. The lowest BCUT2D eigenvalue weighted by Crippen LogP contribution is -2.47. The van der Waals surface area contributed by atoms with Crippen LogP contribution in [0.5, 0.6) is 0 Å². The molecule has 3 aromatic rings. The molecule has 1 N–H and O–H groups in total. The van der Waals surface area contributed by atoms with Crippen LogP contribution in [0.25, 0.3) is 0 Å². The van der Waals surface area contributed by atoms with Crippen molar-refractivity contribution in [3.05, 3.63) is 60.4 Å². The summed E-state index contributed by atoms with van der Waals surface area (Å²) in [6.07, 6.45) is 3.57. The van der Waals surface area contributed by atoms with Gasteiger partial charge in [-0.3, -0.25) is 0 Å². The van der Waals surface area contributed by atoms with Gasteiger partial charge in [0.1, 0.15) is 5.82 Å². The van der Waals surface area contributed by atoms with E-state index >= 15 is 0 Å². The second-order valence-corrected chi connectivity index (χ2v) is 7.17. The zero-order valence-corrected chi connectivity index (χ0v) is 16.3. The molecule has 1 saturated heterocycles. The summed E-state index contributed by atoms with van der Waals surface area (Å²) in [4.78, 5) is 13.7. The molecule has 0 bridgehead atoms. The van der Waals surface area contributed by atoms with E-state index in [0.29, 0.717) is 11.9 Å². The van der Waals surface area contributed by atoms with Gasteiger partial charge in [-0.1, -0.05) is 38.1 Å². The maximum atomic E-state index is 4.70. The highest BCUT2D eigenvalue weighted by atomic mass is 15.3. The Morgan fingerprint density at radius 3 is 2.32 bits per heavy atom. The van der Waals surface area contributed by atoms with Gasteiger partial charge in [0.2, 0.25) is 5.95 Å². The summed E-state index contributed by atoms with van der Waals surface area (Å²) in [6, 6.07) is 14.3. The van der Waals surface area contributed by atoms with Crippen LogP contribution < -0.4 is 15.1 Å². The van der Waals surface area contributed by atoms with Crippen LogP contribution in [-0.4, -0.2) is 46.3 Å². The van der Waals surface area contributed by atoms with Crippen LogP contribution in [0.4, 0.5) is 23.3 Å².